The molecule has 10 heteroatoms. The first-order valence-corrected chi connectivity index (χ1v) is 11.9. The maximum atomic E-state index is 14.0. The zero-order valence-corrected chi connectivity index (χ0v) is 19.9. The van der Waals surface area contributed by atoms with Crippen LogP contribution in [0, 0.1) is 17.6 Å². The SMILES string of the molecule is C=CC(=O)N1CCC[C@@H](Cn2cc(-c3ccc(Oc4c(F)cccc4F)cc3)c3c(N)n[nH]c(=O)c32)C1. The zero-order chi connectivity index (χ0) is 26.1. The number of carbonyl (C=O) groups is 1. The summed E-state index contributed by atoms with van der Waals surface area (Å²) in [4.78, 5) is 26.7. The summed E-state index contributed by atoms with van der Waals surface area (Å²) in [7, 11) is 0. The number of nitrogens with zero attached hydrogens (tertiary/aromatic N) is 3. The number of hydrogen-bond donors (Lipinski definition) is 2. The molecular weight excluding hydrogens is 480 g/mol. The third-order valence-electron chi connectivity index (χ3n) is 6.59. The molecule has 0 unspecified atom stereocenters. The van der Waals surface area contributed by atoms with E-state index in [1.165, 1.54) is 12.1 Å². The van der Waals surface area contributed by atoms with Crippen LogP contribution in [0.3, 0.4) is 0 Å². The first-order valence-electron chi connectivity index (χ1n) is 11.9. The Morgan fingerprint density at radius 3 is 2.65 bits per heavy atom. The molecule has 1 fully saturated rings. The molecular formula is C27H25F2N5O3. The molecule has 3 N–H and O–H groups in total. The second kappa shape index (κ2) is 9.88. The molecule has 0 spiro atoms. The Morgan fingerprint density at radius 2 is 1.95 bits per heavy atom. The number of nitrogen functional groups attached to an aromatic ring is 1. The standard InChI is InChI=1S/C27H25F2N5O3/c1-2-22(35)33-12-4-5-16(13-33)14-34-15-19(23-24(34)27(36)32-31-26(23)30)17-8-10-18(11-9-17)37-25-20(28)6-3-7-21(25)29/h2-3,6-11,15-16H,1,4-5,12-14H2,(H2,30,31)(H,32,36)/t16-/m1/s1. The molecule has 37 heavy (non-hydrogen) atoms. The lowest BCUT2D eigenvalue weighted by Crippen LogP contribution is -2.40. The lowest BCUT2D eigenvalue weighted by molar-refractivity contribution is -0.127. The second-order valence-electron chi connectivity index (χ2n) is 9.03. The second-order valence-corrected chi connectivity index (χ2v) is 9.03. The molecule has 1 aliphatic rings. The van der Waals surface area contributed by atoms with E-state index >= 15 is 0 Å². The van der Waals surface area contributed by atoms with E-state index in [9.17, 15) is 18.4 Å². The number of para-hydroxylation sites is 1. The van der Waals surface area contributed by atoms with Crippen LogP contribution < -0.4 is 16.0 Å². The van der Waals surface area contributed by atoms with Gasteiger partial charge in [0.1, 0.15) is 11.3 Å². The molecule has 1 saturated heterocycles. The highest BCUT2D eigenvalue weighted by Crippen LogP contribution is 2.35. The van der Waals surface area contributed by atoms with Gasteiger partial charge in [0.2, 0.25) is 5.91 Å². The quantitative estimate of drug-likeness (QED) is 0.376. The van der Waals surface area contributed by atoms with Gasteiger partial charge < -0.3 is 19.9 Å². The molecule has 2 aromatic heterocycles. The number of benzene rings is 2. The van der Waals surface area contributed by atoms with Crippen LogP contribution in [0.4, 0.5) is 14.6 Å². The number of H-pyrrole nitrogens is 1. The van der Waals surface area contributed by atoms with Crippen molar-refractivity contribution in [3.8, 4) is 22.6 Å². The number of halogens is 2. The maximum Gasteiger partial charge on any atom is 0.288 e. The topological polar surface area (TPSA) is 106 Å². The molecule has 1 amide bonds. The molecule has 5 rings (SSSR count). The minimum absolute atomic E-state index is 0.105. The van der Waals surface area contributed by atoms with Crippen molar-refractivity contribution in [2.45, 2.75) is 19.4 Å². The molecule has 0 aliphatic carbocycles. The van der Waals surface area contributed by atoms with Crippen LogP contribution in [-0.2, 0) is 11.3 Å². The Bertz CT molecular complexity index is 1520. The van der Waals surface area contributed by atoms with Crippen LogP contribution in [0.2, 0.25) is 0 Å². The molecule has 1 aliphatic heterocycles. The predicted molar refractivity (Wildman–Crippen MR) is 136 cm³/mol. The number of aromatic amines is 1. The number of amides is 1. The largest absolute Gasteiger partial charge is 0.451 e. The Hall–Kier alpha value is -4.47. The number of aromatic nitrogens is 3. The van der Waals surface area contributed by atoms with Crippen LogP contribution in [0.5, 0.6) is 11.5 Å². The van der Waals surface area contributed by atoms with Crippen LogP contribution >= 0.6 is 0 Å². The Kier molecular flexibility index (Phi) is 6.47. The van der Waals surface area contributed by atoms with Gasteiger partial charge in [0.05, 0.1) is 5.39 Å². The van der Waals surface area contributed by atoms with Gasteiger partial charge in [0.15, 0.2) is 23.2 Å². The van der Waals surface area contributed by atoms with Gasteiger partial charge in [0.25, 0.3) is 5.56 Å². The number of likely N-dealkylation sites (tertiary alicyclic amines) is 1. The minimum atomic E-state index is -0.804. The summed E-state index contributed by atoms with van der Waals surface area (Å²) >= 11 is 0. The van der Waals surface area contributed by atoms with E-state index in [1.807, 2.05) is 10.8 Å². The fourth-order valence-electron chi connectivity index (χ4n) is 4.86. The van der Waals surface area contributed by atoms with Crippen molar-refractivity contribution in [2.75, 3.05) is 18.8 Å². The van der Waals surface area contributed by atoms with Crippen LogP contribution in [0.25, 0.3) is 22.0 Å². The van der Waals surface area contributed by atoms with E-state index in [0.29, 0.717) is 36.1 Å². The van der Waals surface area contributed by atoms with E-state index in [1.54, 1.807) is 29.2 Å². The summed E-state index contributed by atoms with van der Waals surface area (Å²) < 4.78 is 35.2. The molecule has 1 atom stereocenters. The Labute approximate surface area is 211 Å². The van der Waals surface area contributed by atoms with Gasteiger partial charge in [-0.05, 0) is 54.7 Å². The highest BCUT2D eigenvalue weighted by Gasteiger charge is 2.25. The lowest BCUT2D eigenvalue weighted by atomic mass is 9.98. The van der Waals surface area contributed by atoms with Gasteiger partial charge in [-0.25, -0.2) is 13.9 Å². The van der Waals surface area contributed by atoms with Crippen molar-refractivity contribution < 1.29 is 18.3 Å². The normalized spacial score (nSPS) is 15.6. The number of hydrogen-bond acceptors (Lipinski definition) is 5. The first-order chi connectivity index (χ1) is 17.9. The zero-order valence-electron chi connectivity index (χ0n) is 19.9. The average molecular weight is 506 g/mol. The molecule has 190 valence electrons. The molecule has 2 aromatic carbocycles. The number of nitrogens with one attached hydrogen (secondary N) is 1. The van der Waals surface area contributed by atoms with Crippen molar-refractivity contribution in [3.63, 3.8) is 0 Å². The van der Waals surface area contributed by atoms with Crippen molar-refractivity contribution >= 4 is 22.6 Å². The van der Waals surface area contributed by atoms with E-state index in [-0.39, 0.29) is 29.0 Å². The summed E-state index contributed by atoms with van der Waals surface area (Å²) in [6, 6.07) is 10.1. The number of rotatable bonds is 6. The van der Waals surface area contributed by atoms with Crippen molar-refractivity contribution in [1.82, 2.24) is 19.7 Å². The van der Waals surface area contributed by atoms with E-state index < -0.39 is 17.4 Å². The summed E-state index contributed by atoms with van der Waals surface area (Å²) in [5.74, 6) is -1.64. The van der Waals surface area contributed by atoms with Crippen molar-refractivity contribution in [2.24, 2.45) is 5.92 Å². The number of ether oxygens (including phenoxy) is 1. The van der Waals surface area contributed by atoms with Gasteiger partial charge in [0, 0.05) is 31.4 Å². The molecule has 0 bridgehead atoms. The highest BCUT2D eigenvalue weighted by atomic mass is 19.1. The molecule has 0 radical (unpaired) electrons. The van der Waals surface area contributed by atoms with Gasteiger partial charge in [-0.3, -0.25) is 9.59 Å². The Balaban J connectivity index is 1.48. The third-order valence-corrected chi connectivity index (χ3v) is 6.59. The fraction of sp³-hybridized carbons (Fsp3) is 0.222. The fourth-order valence-corrected chi connectivity index (χ4v) is 4.86. The molecule has 4 aromatic rings. The minimum Gasteiger partial charge on any atom is -0.451 e. The highest BCUT2D eigenvalue weighted by molar-refractivity contribution is 6.01. The molecule has 8 nitrogen and oxygen atoms in total. The predicted octanol–water partition coefficient (Wildman–Crippen LogP) is 4.47. The lowest BCUT2D eigenvalue weighted by Gasteiger charge is -2.32. The van der Waals surface area contributed by atoms with Crippen molar-refractivity contribution in [1.29, 1.82) is 0 Å². The summed E-state index contributed by atoms with van der Waals surface area (Å²) in [6.45, 7) is 5.33. The van der Waals surface area contributed by atoms with Gasteiger partial charge in [-0.15, -0.1) is 0 Å². The summed E-state index contributed by atoms with van der Waals surface area (Å²) in [6.07, 6.45) is 4.93. The molecule has 3 heterocycles. The van der Waals surface area contributed by atoms with Crippen LogP contribution in [0.1, 0.15) is 12.8 Å². The van der Waals surface area contributed by atoms with Gasteiger partial charge in [-0.2, -0.15) is 5.10 Å². The Morgan fingerprint density at radius 1 is 1.22 bits per heavy atom. The average Bonchev–Trinajstić information content (AvgIpc) is 3.29. The number of fused-ring (bicyclic) bond motifs is 1. The third kappa shape index (κ3) is 4.69. The summed E-state index contributed by atoms with van der Waals surface area (Å²) in [5.41, 5.74) is 7.61. The first kappa shape index (κ1) is 24.2. The van der Waals surface area contributed by atoms with E-state index in [2.05, 4.69) is 16.8 Å². The van der Waals surface area contributed by atoms with Crippen LogP contribution in [-0.4, -0.2) is 38.7 Å². The number of anilines is 1. The van der Waals surface area contributed by atoms with Crippen molar-refractivity contribution in [3.05, 3.63) is 83.3 Å². The van der Waals surface area contributed by atoms with Crippen LogP contribution in [0.15, 0.2) is 66.1 Å². The number of carbonyl (C=O) groups excluding carboxylic acids is 1. The molecule has 0 saturated carbocycles. The van der Waals surface area contributed by atoms with Gasteiger partial charge >= 0.3 is 0 Å². The van der Waals surface area contributed by atoms with E-state index in [0.717, 1.165) is 30.5 Å². The number of nitrogens with two attached hydrogens (primary N) is 1. The summed E-state index contributed by atoms with van der Waals surface area (Å²) in [5, 5.41) is 6.90. The van der Waals surface area contributed by atoms with Gasteiger partial charge in [-0.1, -0.05) is 24.8 Å². The maximum absolute atomic E-state index is 14.0. The monoisotopic (exact) mass is 505 g/mol. The smallest absolute Gasteiger partial charge is 0.288 e. The number of piperidine rings is 1. The van der Waals surface area contributed by atoms with E-state index in [4.69, 9.17) is 10.5 Å².